The molecule has 0 unspecified atom stereocenters. The van der Waals surface area contributed by atoms with E-state index in [1.807, 2.05) is 16.8 Å². The Hall–Kier alpha value is -1.86. The van der Waals surface area contributed by atoms with Crippen molar-refractivity contribution >= 4 is 11.8 Å². The number of aryl methyl sites for hydroxylation is 1. The fourth-order valence-corrected chi connectivity index (χ4v) is 2.54. The number of nitrogen functional groups attached to an aromatic ring is 1. The minimum atomic E-state index is -0.377. The highest BCUT2D eigenvalue weighted by molar-refractivity contribution is 5.94. The third-order valence-corrected chi connectivity index (χ3v) is 3.63. The van der Waals surface area contributed by atoms with Crippen LogP contribution in [0.25, 0.3) is 0 Å². The minimum Gasteiger partial charge on any atom is -0.464 e. The number of nitrogens with one attached hydrogen (secondary N) is 1. The molecule has 1 aliphatic rings. The number of amides is 2. The molecule has 1 saturated heterocycles. The van der Waals surface area contributed by atoms with Gasteiger partial charge in [0.1, 0.15) is 11.5 Å². The Morgan fingerprint density at radius 1 is 1.43 bits per heavy atom. The van der Waals surface area contributed by atoms with E-state index in [-0.39, 0.29) is 11.8 Å². The van der Waals surface area contributed by atoms with E-state index in [4.69, 9.17) is 10.3 Å². The van der Waals surface area contributed by atoms with Gasteiger partial charge in [-0.25, -0.2) is 5.84 Å². The summed E-state index contributed by atoms with van der Waals surface area (Å²) in [4.78, 5) is 27.3. The maximum absolute atomic E-state index is 12.0. The summed E-state index contributed by atoms with van der Waals surface area (Å²) in [5, 5.41) is 0. The highest BCUT2D eigenvalue weighted by Gasteiger charge is 2.20. The molecule has 0 atom stereocenters. The fraction of sp³-hybridized carbons (Fsp3) is 0.571. The second-order valence-electron chi connectivity index (χ2n) is 5.42. The first-order valence-electron chi connectivity index (χ1n) is 7.08. The maximum atomic E-state index is 12.0. The smallest absolute Gasteiger partial charge is 0.268 e. The van der Waals surface area contributed by atoms with Gasteiger partial charge in [-0.3, -0.25) is 19.9 Å². The molecule has 3 N–H and O–H groups in total. The van der Waals surface area contributed by atoms with Gasteiger partial charge in [-0.1, -0.05) is 0 Å². The Morgan fingerprint density at radius 3 is 2.71 bits per heavy atom. The molecule has 0 aromatic carbocycles. The number of rotatable bonds is 5. The summed E-state index contributed by atoms with van der Waals surface area (Å²) in [5.41, 5.74) is 2.51. The largest absolute Gasteiger partial charge is 0.464 e. The van der Waals surface area contributed by atoms with Crippen LogP contribution < -0.4 is 11.3 Å². The number of likely N-dealkylation sites (N-methyl/N-ethyl adjacent to an activating group) is 1. The third kappa shape index (κ3) is 3.83. The zero-order valence-corrected chi connectivity index (χ0v) is 12.5. The molecule has 116 valence electrons. The Morgan fingerprint density at radius 2 is 2.10 bits per heavy atom. The molecular formula is C14H22N4O3. The van der Waals surface area contributed by atoms with Gasteiger partial charge in [-0.05, 0) is 32.9 Å². The zero-order valence-electron chi connectivity index (χ0n) is 12.5. The van der Waals surface area contributed by atoms with Crippen molar-refractivity contribution in [2.75, 3.05) is 26.7 Å². The minimum absolute atomic E-state index is 0.137. The van der Waals surface area contributed by atoms with Crippen molar-refractivity contribution in [2.45, 2.75) is 26.3 Å². The van der Waals surface area contributed by atoms with Gasteiger partial charge in [0, 0.05) is 13.1 Å². The maximum Gasteiger partial charge on any atom is 0.268 e. The molecule has 0 saturated carbocycles. The third-order valence-electron chi connectivity index (χ3n) is 3.63. The summed E-state index contributed by atoms with van der Waals surface area (Å²) in [7, 11) is 1.86. The number of nitrogens with two attached hydrogens (primary N) is 1. The summed E-state index contributed by atoms with van der Waals surface area (Å²) < 4.78 is 5.53. The van der Waals surface area contributed by atoms with Gasteiger partial charge in [0.15, 0.2) is 0 Å². The van der Waals surface area contributed by atoms with E-state index in [0.717, 1.165) is 25.9 Å². The van der Waals surface area contributed by atoms with E-state index >= 15 is 0 Å². The number of carbonyl (C=O) groups excluding carboxylic acids is 2. The lowest BCUT2D eigenvalue weighted by Crippen LogP contribution is -2.36. The Bertz CT molecular complexity index is 520. The van der Waals surface area contributed by atoms with E-state index in [1.165, 1.54) is 0 Å². The first-order valence-corrected chi connectivity index (χ1v) is 7.08. The summed E-state index contributed by atoms with van der Waals surface area (Å²) in [6.45, 7) is 4.24. The van der Waals surface area contributed by atoms with Crippen LogP contribution in [0, 0.1) is 6.92 Å². The lowest BCUT2D eigenvalue weighted by atomic mass is 10.2. The van der Waals surface area contributed by atoms with E-state index in [0.29, 0.717) is 30.2 Å². The molecule has 0 aliphatic carbocycles. The summed E-state index contributed by atoms with van der Waals surface area (Å²) in [6, 6.07) is 1.66. The van der Waals surface area contributed by atoms with Crippen LogP contribution in [0.3, 0.4) is 0 Å². The van der Waals surface area contributed by atoms with E-state index in [2.05, 4.69) is 5.43 Å². The van der Waals surface area contributed by atoms with Crippen LogP contribution in [-0.4, -0.2) is 48.3 Å². The molecule has 2 heterocycles. The lowest BCUT2D eigenvalue weighted by Gasteiger charge is -2.20. The van der Waals surface area contributed by atoms with E-state index < -0.39 is 0 Å². The number of hydrogen-bond acceptors (Lipinski definition) is 5. The monoisotopic (exact) mass is 294 g/mol. The van der Waals surface area contributed by atoms with Crippen molar-refractivity contribution in [1.82, 2.24) is 15.2 Å². The normalized spacial score (nSPS) is 14.8. The molecule has 0 spiro atoms. The van der Waals surface area contributed by atoms with E-state index in [9.17, 15) is 9.59 Å². The molecule has 2 amide bonds. The molecule has 21 heavy (non-hydrogen) atoms. The predicted octanol–water partition coefficient (Wildman–Crippen LogP) is 0.246. The van der Waals surface area contributed by atoms with Crippen LogP contribution in [0.1, 0.15) is 34.7 Å². The Kier molecular flexibility index (Phi) is 4.98. The van der Waals surface area contributed by atoms with Gasteiger partial charge in [-0.15, -0.1) is 0 Å². The fourth-order valence-electron chi connectivity index (χ4n) is 2.54. The van der Waals surface area contributed by atoms with Crippen molar-refractivity contribution in [1.29, 1.82) is 0 Å². The molecule has 1 aromatic rings. The summed E-state index contributed by atoms with van der Waals surface area (Å²) >= 11 is 0. The van der Waals surface area contributed by atoms with Crippen molar-refractivity contribution < 1.29 is 14.0 Å². The number of likely N-dealkylation sites (tertiary alicyclic amines) is 1. The summed E-state index contributed by atoms with van der Waals surface area (Å²) in [5.74, 6) is 6.04. The average molecular weight is 294 g/mol. The second-order valence-corrected chi connectivity index (χ2v) is 5.42. The number of furan rings is 1. The molecule has 1 aliphatic heterocycles. The van der Waals surface area contributed by atoms with Crippen molar-refractivity contribution in [2.24, 2.45) is 5.84 Å². The van der Waals surface area contributed by atoms with Crippen LogP contribution in [0.15, 0.2) is 10.5 Å². The van der Waals surface area contributed by atoms with Crippen LogP contribution in [-0.2, 0) is 11.3 Å². The molecule has 1 aromatic heterocycles. The SMILES string of the molecule is Cc1oc(CN(C)CC(=O)N2CCCC2)cc1C(=O)NN. The molecule has 2 rings (SSSR count). The molecule has 1 fully saturated rings. The molecule has 7 nitrogen and oxygen atoms in total. The predicted molar refractivity (Wildman–Crippen MR) is 77.2 cm³/mol. The van der Waals surface area contributed by atoms with Gasteiger partial charge in [0.05, 0.1) is 18.7 Å². The Labute approximate surface area is 124 Å². The quantitative estimate of drug-likeness (QED) is 0.461. The van der Waals surface area contributed by atoms with Crippen LogP contribution in [0.2, 0.25) is 0 Å². The van der Waals surface area contributed by atoms with E-state index in [1.54, 1.807) is 13.0 Å². The van der Waals surface area contributed by atoms with Gasteiger partial charge < -0.3 is 9.32 Å². The first-order chi connectivity index (χ1) is 10.0. The van der Waals surface area contributed by atoms with Gasteiger partial charge in [0.25, 0.3) is 5.91 Å². The number of hydrazine groups is 1. The molecule has 7 heteroatoms. The van der Waals surface area contributed by atoms with Gasteiger partial charge in [0.2, 0.25) is 5.91 Å². The lowest BCUT2D eigenvalue weighted by molar-refractivity contribution is -0.131. The standard InChI is InChI=1S/C14H22N4O3/c1-10-12(14(20)16-15)7-11(21-10)8-17(2)9-13(19)18-5-3-4-6-18/h7H,3-6,8-9,15H2,1-2H3,(H,16,20). The highest BCUT2D eigenvalue weighted by Crippen LogP contribution is 2.16. The first kappa shape index (κ1) is 15.5. The van der Waals surface area contributed by atoms with Gasteiger partial charge >= 0.3 is 0 Å². The zero-order chi connectivity index (χ0) is 15.4. The van der Waals surface area contributed by atoms with Crippen molar-refractivity contribution in [3.63, 3.8) is 0 Å². The van der Waals surface area contributed by atoms with Gasteiger partial charge in [-0.2, -0.15) is 0 Å². The van der Waals surface area contributed by atoms with Crippen molar-refractivity contribution in [3.8, 4) is 0 Å². The van der Waals surface area contributed by atoms with Crippen LogP contribution in [0.5, 0.6) is 0 Å². The molecule has 0 bridgehead atoms. The average Bonchev–Trinajstić information content (AvgIpc) is 3.07. The number of carbonyl (C=O) groups is 2. The van der Waals surface area contributed by atoms with Crippen LogP contribution >= 0.6 is 0 Å². The van der Waals surface area contributed by atoms with Crippen molar-refractivity contribution in [3.05, 3.63) is 23.2 Å². The molecule has 0 radical (unpaired) electrons. The van der Waals surface area contributed by atoms with Crippen LogP contribution in [0.4, 0.5) is 0 Å². The number of hydrogen-bond donors (Lipinski definition) is 2. The Balaban J connectivity index is 1.91. The number of nitrogens with zero attached hydrogens (tertiary/aromatic N) is 2. The topological polar surface area (TPSA) is 91.8 Å². The highest BCUT2D eigenvalue weighted by atomic mass is 16.3. The molecular weight excluding hydrogens is 272 g/mol. The second kappa shape index (κ2) is 6.73. The summed E-state index contributed by atoms with van der Waals surface area (Å²) in [6.07, 6.45) is 2.18.